The number of benzene rings is 2. The van der Waals surface area contributed by atoms with Gasteiger partial charge in [0.05, 0.1) is 0 Å². The number of hydrogen-bond acceptors (Lipinski definition) is 4. The molecule has 0 radical (unpaired) electrons. The van der Waals surface area contributed by atoms with Crippen LogP contribution in [0, 0.1) is 17.5 Å². The molecule has 1 aromatic heterocycles. The number of halogens is 4. The van der Waals surface area contributed by atoms with Crippen molar-refractivity contribution in [2.75, 3.05) is 0 Å². The van der Waals surface area contributed by atoms with Gasteiger partial charge in [-0.2, -0.15) is 4.98 Å². The molecule has 9 heteroatoms. The van der Waals surface area contributed by atoms with Gasteiger partial charge in [0, 0.05) is 18.3 Å². The van der Waals surface area contributed by atoms with Gasteiger partial charge in [-0.3, -0.25) is 0 Å². The molecule has 0 atom stereocenters. The topological polar surface area (TPSA) is 64.2 Å². The lowest BCUT2D eigenvalue weighted by Crippen LogP contribution is -2.10. The number of H-pyrrole nitrogens is 1. The van der Waals surface area contributed by atoms with Crippen molar-refractivity contribution >= 4 is 11.6 Å². The van der Waals surface area contributed by atoms with E-state index in [4.69, 9.17) is 21.1 Å². The Balaban J connectivity index is 1.82. The molecule has 1 heterocycles. The molecule has 0 saturated carbocycles. The van der Waals surface area contributed by atoms with E-state index in [1.165, 1.54) is 18.3 Å². The first-order valence-electron chi connectivity index (χ1n) is 6.78. The summed E-state index contributed by atoms with van der Waals surface area (Å²) in [5, 5.41) is 0.0297. The average Bonchev–Trinajstić information content (AvgIpc) is 2.57. The van der Waals surface area contributed by atoms with Gasteiger partial charge in [-0.1, -0.05) is 11.6 Å². The summed E-state index contributed by atoms with van der Waals surface area (Å²) >= 11 is 5.81. The lowest BCUT2D eigenvalue weighted by molar-refractivity contribution is 0.421. The van der Waals surface area contributed by atoms with Crippen LogP contribution >= 0.6 is 11.6 Å². The van der Waals surface area contributed by atoms with Crippen LogP contribution < -0.4 is 15.2 Å². The van der Waals surface area contributed by atoms with E-state index in [1.54, 1.807) is 0 Å². The van der Waals surface area contributed by atoms with Crippen LogP contribution in [0.25, 0.3) is 0 Å². The second kappa shape index (κ2) is 6.86. The van der Waals surface area contributed by atoms with Crippen LogP contribution in [0.4, 0.5) is 13.2 Å². The average molecular weight is 369 g/mol. The maximum absolute atomic E-state index is 14.1. The zero-order chi connectivity index (χ0) is 18.0. The Bertz CT molecular complexity index is 995. The Morgan fingerprint density at radius 2 is 1.60 bits per heavy atom. The van der Waals surface area contributed by atoms with Crippen molar-refractivity contribution in [3.63, 3.8) is 0 Å². The molecule has 0 aliphatic heterocycles. The molecule has 0 fully saturated rings. The van der Waals surface area contributed by atoms with Gasteiger partial charge in [0.2, 0.25) is 5.88 Å². The van der Waals surface area contributed by atoms with Gasteiger partial charge in [-0.05, 0) is 24.3 Å². The molecule has 25 heavy (non-hydrogen) atoms. The molecular weight excluding hydrogens is 361 g/mol. The van der Waals surface area contributed by atoms with Crippen molar-refractivity contribution in [1.29, 1.82) is 0 Å². The van der Waals surface area contributed by atoms with Gasteiger partial charge in [0.15, 0.2) is 23.2 Å². The second-order valence-corrected chi connectivity index (χ2v) is 5.14. The molecular formula is C16H8ClF3N2O3. The molecule has 0 unspecified atom stereocenters. The molecule has 0 spiro atoms. The predicted octanol–water partition coefficient (Wildman–Crippen LogP) is 4.43. The van der Waals surface area contributed by atoms with Gasteiger partial charge >= 0.3 is 5.69 Å². The second-order valence-electron chi connectivity index (χ2n) is 4.73. The molecule has 0 bridgehead atoms. The molecule has 2 aromatic carbocycles. The van der Waals surface area contributed by atoms with Gasteiger partial charge < -0.3 is 14.5 Å². The van der Waals surface area contributed by atoms with Crippen LogP contribution in [0.3, 0.4) is 0 Å². The summed E-state index contributed by atoms with van der Waals surface area (Å²) < 4.78 is 50.5. The number of ether oxygens (including phenoxy) is 2. The third kappa shape index (κ3) is 3.92. The Hall–Kier alpha value is -3.00. The predicted molar refractivity (Wildman–Crippen MR) is 82.8 cm³/mol. The van der Waals surface area contributed by atoms with Gasteiger partial charge in [-0.25, -0.2) is 18.0 Å². The van der Waals surface area contributed by atoms with E-state index in [1.807, 2.05) is 0 Å². The van der Waals surface area contributed by atoms with E-state index in [2.05, 4.69) is 9.97 Å². The van der Waals surface area contributed by atoms with E-state index in [0.29, 0.717) is 0 Å². The number of aromatic nitrogens is 2. The first kappa shape index (κ1) is 16.8. The molecule has 0 amide bonds. The van der Waals surface area contributed by atoms with Crippen LogP contribution in [0.1, 0.15) is 0 Å². The van der Waals surface area contributed by atoms with E-state index in [9.17, 15) is 18.0 Å². The summed E-state index contributed by atoms with van der Waals surface area (Å²) in [6, 6.07) is 6.32. The first-order chi connectivity index (χ1) is 11.9. The van der Waals surface area contributed by atoms with Gasteiger partial charge in [-0.15, -0.1) is 0 Å². The van der Waals surface area contributed by atoms with E-state index >= 15 is 0 Å². The van der Waals surface area contributed by atoms with Crippen LogP contribution in [0.2, 0.25) is 5.02 Å². The van der Waals surface area contributed by atoms with Crippen LogP contribution in [-0.2, 0) is 0 Å². The summed E-state index contributed by atoms with van der Waals surface area (Å²) in [4.78, 5) is 16.9. The first-order valence-corrected chi connectivity index (χ1v) is 7.16. The minimum absolute atomic E-state index is 0.00939. The lowest BCUT2D eigenvalue weighted by atomic mass is 10.3. The number of rotatable bonds is 4. The highest BCUT2D eigenvalue weighted by Crippen LogP contribution is 2.31. The molecule has 0 aliphatic carbocycles. The summed E-state index contributed by atoms with van der Waals surface area (Å²) in [5.41, 5.74) is -0.682. The smallest absolute Gasteiger partial charge is 0.348 e. The molecule has 3 rings (SSSR count). The highest BCUT2D eigenvalue weighted by molar-refractivity contribution is 6.31. The van der Waals surface area contributed by atoms with Crippen molar-refractivity contribution < 1.29 is 22.6 Å². The standard InChI is InChI=1S/C16H8ClF3N2O3/c17-10-7-21-16(23)22-15(10)25-9-2-4-14(13(20)6-9)24-8-1-3-11(18)12(19)5-8/h1-7H,(H,21,22,23). The fourth-order valence-corrected chi connectivity index (χ4v) is 1.98. The zero-order valence-corrected chi connectivity index (χ0v) is 13.0. The summed E-state index contributed by atoms with van der Waals surface area (Å²) in [7, 11) is 0. The van der Waals surface area contributed by atoms with Gasteiger partial charge in [0.25, 0.3) is 0 Å². The minimum Gasteiger partial charge on any atom is -0.454 e. The number of hydrogen-bond donors (Lipinski definition) is 1. The SMILES string of the molecule is O=c1nc(Oc2ccc(Oc3ccc(F)c(F)c3)c(F)c2)c(Cl)c[nH]1. The van der Waals surface area contributed by atoms with Crippen LogP contribution in [0.15, 0.2) is 47.4 Å². The van der Waals surface area contributed by atoms with Crippen molar-refractivity contribution in [2.24, 2.45) is 0 Å². The van der Waals surface area contributed by atoms with E-state index < -0.39 is 23.1 Å². The molecule has 0 saturated heterocycles. The molecule has 5 nitrogen and oxygen atoms in total. The van der Waals surface area contributed by atoms with Crippen LogP contribution in [-0.4, -0.2) is 9.97 Å². The highest BCUT2D eigenvalue weighted by Gasteiger charge is 2.11. The normalized spacial score (nSPS) is 10.6. The van der Waals surface area contributed by atoms with Crippen molar-refractivity contribution in [3.8, 4) is 23.1 Å². The minimum atomic E-state index is -1.12. The Labute approximate surface area is 143 Å². The quantitative estimate of drug-likeness (QED) is 0.740. The maximum atomic E-state index is 14.1. The fourth-order valence-electron chi connectivity index (χ4n) is 1.84. The number of aromatic amines is 1. The maximum Gasteiger partial charge on any atom is 0.348 e. The number of nitrogens with one attached hydrogen (secondary N) is 1. The Kier molecular flexibility index (Phi) is 4.62. The molecule has 1 N–H and O–H groups in total. The third-order valence-corrected chi connectivity index (χ3v) is 3.24. The van der Waals surface area contributed by atoms with E-state index in [0.717, 1.165) is 24.3 Å². The summed E-state index contributed by atoms with van der Waals surface area (Å²) in [6.45, 7) is 0. The molecule has 0 aliphatic rings. The van der Waals surface area contributed by atoms with Crippen molar-refractivity contribution in [2.45, 2.75) is 0 Å². The highest BCUT2D eigenvalue weighted by atomic mass is 35.5. The monoisotopic (exact) mass is 368 g/mol. The summed E-state index contributed by atoms with van der Waals surface area (Å²) in [6.07, 6.45) is 1.18. The molecule has 3 aromatic rings. The summed E-state index contributed by atoms with van der Waals surface area (Å²) in [5.74, 6) is -3.49. The van der Waals surface area contributed by atoms with E-state index in [-0.39, 0.29) is 28.2 Å². The van der Waals surface area contributed by atoms with Crippen molar-refractivity contribution in [1.82, 2.24) is 9.97 Å². The van der Waals surface area contributed by atoms with Crippen molar-refractivity contribution in [3.05, 3.63) is 75.6 Å². The Morgan fingerprint density at radius 1 is 0.920 bits per heavy atom. The zero-order valence-electron chi connectivity index (χ0n) is 12.2. The fraction of sp³-hybridized carbons (Fsp3) is 0. The third-order valence-electron chi connectivity index (χ3n) is 2.97. The van der Waals surface area contributed by atoms with Gasteiger partial charge in [0.1, 0.15) is 16.5 Å². The van der Waals surface area contributed by atoms with Crippen LogP contribution in [0.5, 0.6) is 23.1 Å². The lowest BCUT2D eigenvalue weighted by Gasteiger charge is -2.09. The number of nitrogens with zero attached hydrogens (tertiary/aromatic N) is 1. The largest absolute Gasteiger partial charge is 0.454 e. The Morgan fingerprint density at radius 3 is 2.32 bits per heavy atom. The molecule has 128 valence electrons.